The number of carbonyl (C=O) groups is 1. The molecule has 2 aromatic rings. The Morgan fingerprint density at radius 2 is 2.25 bits per heavy atom. The summed E-state index contributed by atoms with van der Waals surface area (Å²) in [5.74, 6) is -1.05. The van der Waals surface area contributed by atoms with E-state index >= 15 is 0 Å². The molecule has 0 unspecified atom stereocenters. The molecule has 2 aliphatic rings. The van der Waals surface area contributed by atoms with Crippen LogP contribution < -0.4 is 4.74 Å². The molecule has 1 aromatic heterocycles. The number of hydrogen-bond acceptors (Lipinski definition) is 6. The third-order valence-corrected chi connectivity index (χ3v) is 6.67. The molecule has 1 saturated carbocycles. The summed E-state index contributed by atoms with van der Waals surface area (Å²) in [6.45, 7) is 0.290. The average Bonchev–Trinajstić information content (AvgIpc) is 3.27. The number of thiazole rings is 1. The van der Waals surface area contributed by atoms with Crippen molar-refractivity contribution in [2.45, 2.75) is 37.6 Å². The number of aliphatic hydroxyl groups is 1. The normalized spacial score (nSPS) is 29.5. The summed E-state index contributed by atoms with van der Waals surface area (Å²) in [5, 5.41) is 21.7. The Labute approximate surface area is 169 Å². The Balaban J connectivity index is 1.39. The smallest absolute Gasteiger partial charge is 0.355 e. The summed E-state index contributed by atoms with van der Waals surface area (Å²) in [6, 6.07) is 4.18. The molecule has 150 valence electrons. The summed E-state index contributed by atoms with van der Waals surface area (Å²) in [7, 11) is 0. The van der Waals surface area contributed by atoms with Crippen LogP contribution in [-0.4, -0.2) is 40.0 Å². The molecule has 4 rings (SSSR count). The van der Waals surface area contributed by atoms with Gasteiger partial charge in [-0.15, -0.1) is 11.3 Å². The predicted octanol–water partition coefficient (Wildman–Crippen LogP) is 3.93. The topological polar surface area (TPSA) is 88.9 Å². The number of ether oxygens (including phenoxy) is 2. The van der Waals surface area contributed by atoms with E-state index in [0.29, 0.717) is 30.2 Å². The lowest BCUT2D eigenvalue weighted by molar-refractivity contribution is -0.0811. The molecule has 9 heteroatoms. The van der Waals surface area contributed by atoms with Gasteiger partial charge in [-0.05, 0) is 30.9 Å². The monoisotopic (exact) mass is 427 g/mol. The summed E-state index contributed by atoms with van der Waals surface area (Å²) in [6.07, 6.45) is 1.09. The molecule has 2 N–H and O–H groups in total. The van der Waals surface area contributed by atoms with Gasteiger partial charge in [-0.1, -0.05) is 11.6 Å². The Bertz CT molecular complexity index is 878. The predicted molar refractivity (Wildman–Crippen MR) is 100 cm³/mol. The zero-order chi connectivity index (χ0) is 19.8. The number of hydrogen-bond donors (Lipinski definition) is 2. The van der Waals surface area contributed by atoms with Crippen molar-refractivity contribution < 1.29 is 28.9 Å². The molecule has 1 aromatic carbocycles. The molecule has 1 aliphatic carbocycles. The molecule has 0 radical (unpaired) electrons. The van der Waals surface area contributed by atoms with Crippen LogP contribution in [0.15, 0.2) is 23.6 Å². The molecular formula is C19H19ClFNO5S. The van der Waals surface area contributed by atoms with Gasteiger partial charge in [-0.3, -0.25) is 0 Å². The molecule has 1 aliphatic heterocycles. The lowest BCUT2D eigenvalue weighted by Crippen LogP contribution is -2.33. The van der Waals surface area contributed by atoms with Crippen molar-refractivity contribution in [3.05, 3.63) is 45.1 Å². The van der Waals surface area contributed by atoms with Crippen LogP contribution in [0, 0.1) is 17.7 Å². The van der Waals surface area contributed by atoms with Crippen molar-refractivity contribution in [3.8, 4) is 5.75 Å². The van der Waals surface area contributed by atoms with Gasteiger partial charge in [-0.2, -0.15) is 0 Å². The quantitative estimate of drug-likeness (QED) is 0.751. The molecule has 0 spiro atoms. The lowest BCUT2D eigenvalue weighted by atomic mass is 9.87. The largest absolute Gasteiger partial charge is 0.493 e. The van der Waals surface area contributed by atoms with E-state index in [0.717, 1.165) is 6.42 Å². The zero-order valence-electron chi connectivity index (χ0n) is 14.8. The van der Waals surface area contributed by atoms with E-state index in [1.165, 1.54) is 34.9 Å². The number of aromatic nitrogens is 1. The van der Waals surface area contributed by atoms with E-state index < -0.39 is 17.9 Å². The minimum atomic E-state index is -1.05. The van der Waals surface area contributed by atoms with Crippen LogP contribution in [0.25, 0.3) is 0 Å². The number of fused-ring (bicyclic) bond motifs is 1. The fourth-order valence-corrected chi connectivity index (χ4v) is 5.07. The van der Waals surface area contributed by atoms with Crippen LogP contribution in [0.2, 0.25) is 5.02 Å². The van der Waals surface area contributed by atoms with Crippen molar-refractivity contribution in [3.63, 3.8) is 0 Å². The first-order valence-electron chi connectivity index (χ1n) is 9.02. The third kappa shape index (κ3) is 3.87. The highest BCUT2D eigenvalue weighted by atomic mass is 35.5. The Morgan fingerprint density at radius 1 is 1.43 bits per heavy atom. The molecule has 0 bridgehead atoms. The Hall–Kier alpha value is -1.74. The van der Waals surface area contributed by atoms with Gasteiger partial charge < -0.3 is 19.7 Å². The van der Waals surface area contributed by atoms with Crippen LogP contribution in [-0.2, 0) is 4.74 Å². The fourth-order valence-electron chi connectivity index (χ4n) is 4.04. The maximum absolute atomic E-state index is 13.3. The molecule has 6 nitrogen and oxygen atoms in total. The Kier molecular flexibility index (Phi) is 5.55. The number of aromatic carboxylic acids is 1. The number of halogens is 2. The number of carboxylic acid groups (broad SMARTS) is 1. The second-order valence-corrected chi connectivity index (χ2v) is 8.43. The summed E-state index contributed by atoms with van der Waals surface area (Å²) in [4.78, 5) is 15.2. The van der Waals surface area contributed by atoms with E-state index in [1.807, 2.05) is 0 Å². The second-order valence-electron chi connectivity index (χ2n) is 7.13. The van der Waals surface area contributed by atoms with Gasteiger partial charge in [0.1, 0.15) is 22.7 Å². The van der Waals surface area contributed by atoms with Gasteiger partial charge in [0.2, 0.25) is 0 Å². The first-order valence-corrected chi connectivity index (χ1v) is 10.3. The van der Waals surface area contributed by atoms with Gasteiger partial charge in [0.05, 0.1) is 23.8 Å². The number of nitrogens with zero attached hydrogens (tertiary/aromatic N) is 1. The summed E-state index contributed by atoms with van der Waals surface area (Å²) >= 11 is 7.06. The van der Waals surface area contributed by atoms with Gasteiger partial charge in [0.15, 0.2) is 5.69 Å². The van der Waals surface area contributed by atoms with Crippen LogP contribution in [0.4, 0.5) is 4.39 Å². The van der Waals surface area contributed by atoms with Gasteiger partial charge in [0, 0.05) is 23.8 Å². The molecule has 5 atom stereocenters. The molecule has 28 heavy (non-hydrogen) atoms. The minimum Gasteiger partial charge on any atom is -0.493 e. The van der Waals surface area contributed by atoms with Gasteiger partial charge in [0.25, 0.3) is 0 Å². The molecule has 2 fully saturated rings. The second kappa shape index (κ2) is 7.94. The Morgan fingerprint density at radius 3 is 2.96 bits per heavy atom. The molecular weight excluding hydrogens is 409 g/mol. The summed E-state index contributed by atoms with van der Waals surface area (Å²) in [5.41, 5.74) is 0.0291. The summed E-state index contributed by atoms with van der Waals surface area (Å²) < 4.78 is 25.2. The average molecular weight is 428 g/mol. The molecule has 1 saturated heterocycles. The first-order chi connectivity index (χ1) is 13.4. The highest BCUT2D eigenvalue weighted by Gasteiger charge is 2.47. The van der Waals surface area contributed by atoms with Crippen LogP contribution >= 0.6 is 22.9 Å². The van der Waals surface area contributed by atoms with E-state index in [1.54, 1.807) is 0 Å². The SMILES string of the molecule is O=C(O)c1csc([C@H]2CC[C@@H]3[C@@H](COc4ccc(F)c(Cl)c4)[C@H](O)C[C@@H]3O2)n1. The number of carboxylic acids is 1. The maximum Gasteiger partial charge on any atom is 0.355 e. The van der Waals surface area contributed by atoms with Crippen molar-refractivity contribution in [1.82, 2.24) is 4.98 Å². The van der Waals surface area contributed by atoms with E-state index in [4.69, 9.17) is 26.2 Å². The molecule has 0 amide bonds. The highest BCUT2D eigenvalue weighted by molar-refractivity contribution is 7.09. The number of rotatable bonds is 5. The first kappa shape index (κ1) is 19.6. The van der Waals surface area contributed by atoms with Crippen molar-refractivity contribution in [2.24, 2.45) is 11.8 Å². The van der Waals surface area contributed by atoms with Crippen LogP contribution in [0.5, 0.6) is 5.75 Å². The van der Waals surface area contributed by atoms with Crippen molar-refractivity contribution in [1.29, 1.82) is 0 Å². The third-order valence-electron chi connectivity index (χ3n) is 5.45. The fraction of sp³-hybridized carbons (Fsp3) is 0.474. The zero-order valence-corrected chi connectivity index (χ0v) is 16.3. The van der Waals surface area contributed by atoms with Crippen LogP contribution in [0.1, 0.15) is 40.9 Å². The van der Waals surface area contributed by atoms with E-state index in [9.17, 15) is 14.3 Å². The van der Waals surface area contributed by atoms with Gasteiger partial charge in [-0.25, -0.2) is 14.2 Å². The minimum absolute atomic E-state index is 0.00429. The highest BCUT2D eigenvalue weighted by Crippen LogP contribution is 2.46. The van der Waals surface area contributed by atoms with E-state index in [2.05, 4.69) is 4.98 Å². The van der Waals surface area contributed by atoms with Crippen molar-refractivity contribution in [2.75, 3.05) is 6.61 Å². The standard InChI is InChI=1S/C19H19ClFNO5S/c20-12-5-9(1-3-13(12)21)26-7-11-10-2-4-16(27-17(10)6-15(11)23)18-22-14(8-28-18)19(24)25/h1,3,5,8,10-11,15-17,23H,2,4,6-7H2,(H,24,25)/t10-,11-,15-,16-,17+/m1/s1. The van der Waals surface area contributed by atoms with Crippen molar-refractivity contribution >= 4 is 28.9 Å². The van der Waals surface area contributed by atoms with E-state index in [-0.39, 0.29) is 34.8 Å². The molecule has 2 heterocycles. The number of benzene rings is 1. The number of aliphatic hydroxyl groups excluding tert-OH is 1. The van der Waals surface area contributed by atoms with Crippen LogP contribution in [0.3, 0.4) is 0 Å². The lowest BCUT2D eigenvalue weighted by Gasteiger charge is -2.33. The van der Waals surface area contributed by atoms with Gasteiger partial charge >= 0.3 is 5.97 Å². The maximum atomic E-state index is 13.3.